The molecule has 1 aromatic rings. The Morgan fingerprint density at radius 2 is 2.42 bits per heavy atom. The average Bonchev–Trinajstić information content (AvgIpc) is 2.48. The molecule has 0 saturated carbocycles. The van der Waals surface area contributed by atoms with E-state index < -0.39 is 5.91 Å². The first-order valence-corrected chi connectivity index (χ1v) is 3.91. The van der Waals surface area contributed by atoms with Gasteiger partial charge < -0.3 is 0 Å². The van der Waals surface area contributed by atoms with Crippen molar-refractivity contribution in [2.45, 2.75) is 6.92 Å². The number of hydrogen-bond acceptors (Lipinski definition) is 5. The number of nitrogens with zero attached hydrogens (tertiary/aromatic N) is 2. The molecule has 0 spiro atoms. The summed E-state index contributed by atoms with van der Waals surface area (Å²) in [5.74, 6) is -0.711. The number of carbonyl (C=O) groups is 1. The fourth-order valence-electron chi connectivity index (χ4n) is 0.662. The SMILES string of the molecule is CO[N+](=O)C(=O)c1sncc1C. The second-order valence-electron chi connectivity index (χ2n) is 2.08. The number of aryl methyl sites for hydroxylation is 1. The zero-order valence-corrected chi connectivity index (χ0v) is 7.42. The van der Waals surface area contributed by atoms with Crippen molar-refractivity contribution in [3.8, 4) is 0 Å². The van der Waals surface area contributed by atoms with Crippen LogP contribution in [0.4, 0.5) is 0 Å². The van der Waals surface area contributed by atoms with E-state index in [9.17, 15) is 9.70 Å². The lowest BCUT2D eigenvalue weighted by molar-refractivity contribution is -0.722. The van der Waals surface area contributed by atoms with Gasteiger partial charge in [-0.1, -0.05) is 0 Å². The molecule has 12 heavy (non-hydrogen) atoms. The van der Waals surface area contributed by atoms with Gasteiger partial charge in [-0.3, -0.25) is 0 Å². The molecule has 0 aliphatic heterocycles. The molecule has 0 aliphatic carbocycles. The van der Waals surface area contributed by atoms with E-state index in [0.717, 1.165) is 18.6 Å². The van der Waals surface area contributed by atoms with E-state index in [1.54, 1.807) is 6.92 Å². The normalized spacial score (nSPS) is 9.50. The van der Waals surface area contributed by atoms with Crippen LogP contribution in [0.2, 0.25) is 0 Å². The van der Waals surface area contributed by atoms with Gasteiger partial charge in [-0.15, -0.1) is 0 Å². The molecule has 1 rings (SSSR count). The molecule has 5 nitrogen and oxygen atoms in total. The van der Waals surface area contributed by atoms with E-state index in [1.807, 2.05) is 0 Å². The molecule has 0 atom stereocenters. The maximum absolute atomic E-state index is 11.1. The standard InChI is InChI=1S/C6H7N2O3S/c1-4-3-7-12-5(4)6(9)8(10)11-2/h3H,1-2H3/q+1. The van der Waals surface area contributed by atoms with Crippen LogP contribution < -0.4 is 0 Å². The highest BCUT2D eigenvalue weighted by Crippen LogP contribution is 2.12. The van der Waals surface area contributed by atoms with E-state index >= 15 is 0 Å². The van der Waals surface area contributed by atoms with Crippen LogP contribution in [0.15, 0.2) is 6.20 Å². The first-order valence-electron chi connectivity index (χ1n) is 3.13. The van der Waals surface area contributed by atoms with Gasteiger partial charge in [0.05, 0.1) is 4.91 Å². The van der Waals surface area contributed by atoms with Crippen LogP contribution in [0.5, 0.6) is 0 Å². The molecular weight excluding hydrogens is 180 g/mol. The summed E-state index contributed by atoms with van der Waals surface area (Å²) in [7, 11) is 1.14. The minimum absolute atomic E-state index is 0.0689. The van der Waals surface area contributed by atoms with Crippen molar-refractivity contribution >= 4 is 17.4 Å². The Hall–Kier alpha value is -1.30. The van der Waals surface area contributed by atoms with Gasteiger partial charge >= 0.3 is 10.8 Å². The summed E-state index contributed by atoms with van der Waals surface area (Å²) in [5, 5.41) is 0. The summed E-state index contributed by atoms with van der Waals surface area (Å²) in [6, 6.07) is 0. The Morgan fingerprint density at radius 1 is 1.75 bits per heavy atom. The van der Waals surface area contributed by atoms with Gasteiger partial charge in [0.1, 0.15) is 0 Å². The third kappa shape index (κ3) is 1.48. The molecule has 6 heteroatoms. The Labute approximate surface area is 72.7 Å². The van der Waals surface area contributed by atoms with Crippen LogP contribution in [0.1, 0.15) is 15.2 Å². The molecule has 1 aromatic heterocycles. The van der Waals surface area contributed by atoms with Crippen molar-refractivity contribution in [2.75, 3.05) is 7.11 Å². The summed E-state index contributed by atoms with van der Waals surface area (Å²) in [4.78, 5) is 26.2. The lowest BCUT2D eigenvalue weighted by atomic mass is 10.3. The van der Waals surface area contributed by atoms with Crippen LogP contribution in [0.3, 0.4) is 0 Å². The van der Waals surface area contributed by atoms with Crippen LogP contribution >= 0.6 is 11.5 Å². The van der Waals surface area contributed by atoms with Crippen LogP contribution in [-0.4, -0.2) is 22.3 Å². The molecule has 0 aromatic carbocycles. The van der Waals surface area contributed by atoms with Crippen molar-refractivity contribution < 1.29 is 14.6 Å². The quantitative estimate of drug-likeness (QED) is 0.646. The zero-order chi connectivity index (χ0) is 9.14. The Bertz CT molecular complexity index is 320. The van der Waals surface area contributed by atoms with Crippen LogP contribution in [-0.2, 0) is 4.84 Å². The van der Waals surface area contributed by atoms with E-state index in [1.165, 1.54) is 6.20 Å². The smallest absolute Gasteiger partial charge is 0.227 e. The molecule has 0 N–H and O–H groups in total. The first-order chi connectivity index (χ1) is 5.66. The Morgan fingerprint density at radius 3 is 2.83 bits per heavy atom. The molecule has 0 saturated heterocycles. The van der Waals surface area contributed by atoms with E-state index in [2.05, 4.69) is 9.21 Å². The van der Waals surface area contributed by atoms with Gasteiger partial charge in [-0.25, -0.2) is 9.63 Å². The number of amides is 1. The number of rotatable bonds is 2. The van der Waals surface area contributed by atoms with Crippen molar-refractivity contribution in [1.82, 2.24) is 4.37 Å². The predicted molar refractivity (Wildman–Crippen MR) is 41.8 cm³/mol. The Balaban J connectivity index is 2.93. The predicted octanol–water partition coefficient (Wildman–Crippen LogP) is 0.932. The largest absolute Gasteiger partial charge is 0.534 e. The summed E-state index contributed by atoms with van der Waals surface area (Å²) in [6.07, 6.45) is 1.53. The van der Waals surface area contributed by atoms with E-state index in [0.29, 0.717) is 10.4 Å². The number of carbonyl (C=O) groups excluding carboxylic acids is 1. The summed E-state index contributed by atoms with van der Waals surface area (Å²) in [5.41, 5.74) is 0.683. The van der Waals surface area contributed by atoms with Crippen molar-refractivity contribution in [2.24, 2.45) is 0 Å². The second-order valence-corrected chi connectivity index (χ2v) is 2.88. The molecule has 0 fully saturated rings. The van der Waals surface area contributed by atoms with Gasteiger partial charge in [-0.05, 0) is 24.0 Å². The summed E-state index contributed by atoms with van der Waals surface area (Å²) >= 11 is 0.980. The highest BCUT2D eigenvalue weighted by Gasteiger charge is 2.30. The zero-order valence-electron chi connectivity index (χ0n) is 6.60. The average molecular weight is 187 g/mol. The lowest BCUT2D eigenvalue weighted by Crippen LogP contribution is -2.16. The Kier molecular flexibility index (Phi) is 2.49. The molecule has 0 radical (unpaired) electrons. The fourth-order valence-corrected chi connectivity index (χ4v) is 1.33. The number of hydrogen-bond donors (Lipinski definition) is 0. The van der Waals surface area contributed by atoms with Gasteiger partial charge in [0, 0.05) is 6.20 Å². The maximum atomic E-state index is 11.1. The van der Waals surface area contributed by atoms with Crippen LogP contribution in [0.25, 0.3) is 0 Å². The van der Waals surface area contributed by atoms with Gasteiger partial charge in [0.2, 0.25) is 0 Å². The monoisotopic (exact) mass is 187 g/mol. The summed E-state index contributed by atoms with van der Waals surface area (Å²) < 4.78 is 3.76. The van der Waals surface area contributed by atoms with Crippen molar-refractivity contribution in [3.05, 3.63) is 21.5 Å². The molecule has 1 amide bonds. The summed E-state index contributed by atoms with van der Waals surface area (Å²) in [6.45, 7) is 1.71. The minimum atomic E-state index is -0.711. The van der Waals surface area contributed by atoms with Gasteiger partial charge in [-0.2, -0.15) is 4.37 Å². The highest BCUT2D eigenvalue weighted by molar-refractivity contribution is 7.08. The first kappa shape index (κ1) is 8.79. The minimum Gasteiger partial charge on any atom is -0.227 e. The van der Waals surface area contributed by atoms with E-state index in [-0.39, 0.29) is 4.92 Å². The molecule has 0 unspecified atom stereocenters. The molecule has 64 valence electrons. The van der Waals surface area contributed by atoms with E-state index in [4.69, 9.17) is 0 Å². The fraction of sp³-hybridized carbons (Fsp3) is 0.333. The second kappa shape index (κ2) is 3.40. The van der Waals surface area contributed by atoms with Crippen molar-refractivity contribution in [3.63, 3.8) is 0 Å². The molecule has 0 bridgehead atoms. The molecule has 0 aliphatic rings. The topological polar surface area (TPSA) is 59.3 Å². The lowest BCUT2D eigenvalue weighted by Gasteiger charge is -1.84. The van der Waals surface area contributed by atoms with Crippen molar-refractivity contribution in [1.29, 1.82) is 0 Å². The third-order valence-corrected chi connectivity index (χ3v) is 2.16. The van der Waals surface area contributed by atoms with Gasteiger partial charge in [0.25, 0.3) is 0 Å². The molecular formula is C6H7N2O3S+. The highest BCUT2D eigenvalue weighted by atomic mass is 32.1. The third-order valence-electron chi connectivity index (χ3n) is 1.27. The maximum Gasteiger partial charge on any atom is 0.534 e. The number of aromatic nitrogens is 1. The van der Waals surface area contributed by atoms with Gasteiger partial charge in [0.15, 0.2) is 12.0 Å². The molecule has 1 heterocycles. The van der Waals surface area contributed by atoms with Crippen LogP contribution in [0, 0.1) is 11.8 Å².